The normalized spacial score (nSPS) is 34.6. The zero-order valence-electron chi connectivity index (χ0n) is 91.4. The fraction of sp³-hybridized carbons (Fsp3) is 0.573. The number of hydrogen-bond donors (Lipinski definition) is 7. The molecule has 0 spiro atoms. The molecule has 794 valence electrons. The number of hydrogen-bond acceptors (Lipinski definition) is 21. The van der Waals surface area contributed by atoms with E-state index in [1.807, 2.05) is 106 Å². The van der Waals surface area contributed by atoms with Gasteiger partial charge in [0.1, 0.15) is 0 Å². The van der Waals surface area contributed by atoms with Gasteiger partial charge in [-0.05, 0) is 386 Å². The highest BCUT2D eigenvalue weighted by Gasteiger charge is 2.71. The van der Waals surface area contributed by atoms with Gasteiger partial charge in [0, 0.05) is 121 Å². The predicted octanol–water partition coefficient (Wildman–Crippen LogP) is 29.7. The van der Waals surface area contributed by atoms with Gasteiger partial charge in [-0.3, -0.25) is 38.4 Å². The maximum atomic E-state index is 12.6. The summed E-state index contributed by atoms with van der Waals surface area (Å²) in [4.78, 5) is 93.8. The van der Waals surface area contributed by atoms with E-state index in [0.717, 1.165) is 218 Å². The molecule has 0 radical (unpaired) electrons. The number of phenolic OH excluding ortho intramolecular Hbond substituents is 2. The second kappa shape index (κ2) is 42.3. The molecule has 13 aliphatic carbocycles. The first kappa shape index (κ1) is 115. The Labute approximate surface area is 893 Å². The number of thioether (sulfide) groups is 2. The van der Waals surface area contributed by atoms with E-state index < -0.39 is 23.9 Å². The quantitative estimate of drug-likeness (QED) is 0.0180. The molecule has 1 saturated heterocycles. The van der Waals surface area contributed by atoms with E-state index in [4.69, 9.17) is 14.2 Å². The van der Waals surface area contributed by atoms with Crippen LogP contribution in [0, 0.1) is 136 Å². The molecule has 1 aliphatic heterocycles. The van der Waals surface area contributed by atoms with Gasteiger partial charge in [0.25, 0.3) is 0 Å². The van der Waals surface area contributed by atoms with Crippen molar-refractivity contribution in [2.45, 2.75) is 364 Å². The number of fused-ring (bicyclic) bond motifs is 21. The Morgan fingerprint density at radius 2 is 0.797 bits per heavy atom. The van der Waals surface area contributed by atoms with Crippen LogP contribution in [0.2, 0.25) is 0 Å². The van der Waals surface area contributed by atoms with Gasteiger partial charge >= 0.3 is 23.9 Å². The number of esters is 4. The van der Waals surface area contributed by atoms with Crippen molar-refractivity contribution in [3.8, 4) is 41.2 Å². The van der Waals surface area contributed by atoms with Gasteiger partial charge in [0.05, 0.1) is 45.0 Å². The van der Waals surface area contributed by atoms with E-state index in [1.54, 1.807) is 29.6 Å². The summed E-state index contributed by atoms with van der Waals surface area (Å²) in [6.45, 7) is 53.3. The molecule has 5 aromatic carbocycles. The van der Waals surface area contributed by atoms with Crippen LogP contribution in [0.3, 0.4) is 0 Å². The minimum Gasteiger partial charge on any atom is -0.504 e. The van der Waals surface area contributed by atoms with E-state index in [0.29, 0.717) is 28.7 Å². The molecule has 20 atom stereocenters. The summed E-state index contributed by atoms with van der Waals surface area (Å²) in [7, 11) is 0. The number of allylic oxidation sites excluding steroid dienone is 9. The molecule has 148 heavy (non-hydrogen) atoms. The maximum Gasteiger partial charge on any atom is 0.310 e. The molecule has 0 aromatic heterocycles. The second-order valence-corrected chi connectivity index (χ2v) is 52.1. The second-order valence-electron chi connectivity index (χ2n) is 49.1. The fourth-order valence-corrected chi connectivity index (χ4v) is 32.8. The lowest BCUT2D eigenvalue weighted by molar-refractivity contribution is -0.156. The molecule has 14 aliphatic rings. The third-order valence-electron chi connectivity index (χ3n) is 39.5. The summed E-state index contributed by atoms with van der Waals surface area (Å²) in [5.74, 6) is -0.836. The van der Waals surface area contributed by atoms with Crippen molar-refractivity contribution >= 4 is 101 Å². The Hall–Kier alpha value is -10.4. The molecule has 6 N–H and O–H groups in total. The minimum atomic E-state index is -0.562. The summed E-state index contributed by atoms with van der Waals surface area (Å²) in [5.41, 5.74) is 14.6. The molecule has 21 nitrogen and oxygen atoms in total. The van der Waals surface area contributed by atoms with Crippen LogP contribution >= 0.6 is 36.2 Å². The van der Waals surface area contributed by atoms with Crippen molar-refractivity contribution in [3.05, 3.63) is 188 Å². The van der Waals surface area contributed by atoms with Crippen LogP contribution in [0.15, 0.2) is 169 Å². The first-order chi connectivity index (χ1) is 68.6. The van der Waals surface area contributed by atoms with E-state index in [9.17, 15) is 69.5 Å². The number of aromatic hydroxyl groups is 2. The summed E-state index contributed by atoms with van der Waals surface area (Å²) >= 11 is 7.60. The number of benzene rings is 5. The molecule has 2 unspecified atom stereocenters. The number of ether oxygens (including phenoxy) is 4. The van der Waals surface area contributed by atoms with Crippen molar-refractivity contribution in [2.75, 3.05) is 29.2 Å². The Bertz CT molecular complexity index is 6430. The van der Waals surface area contributed by atoms with Crippen LogP contribution in [-0.2, 0) is 58.7 Å². The van der Waals surface area contributed by atoms with Gasteiger partial charge < -0.3 is 50.2 Å². The predicted molar refractivity (Wildman–Crippen MR) is 589 cm³/mol. The number of ketones is 1. The first-order valence-electron chi connectivity index (χ1n) is 52.9. The van der Waals surface area contributed by atoms with Crippen LogP contribution < -0.4 is 25.4 Å². The summed E-state index contributed by atoms with van der Waals surface area (Å²) in [6.07, 6.45) is 35.8. The molecule has 1 heterocycles. The van der Waals surface area contributed by atoms with Crippen molar-refractivity contribution in [1.82, 2.24) is 0 Å². The van der Waals surface area contributed by atoms with E-state index in [2.05, 4.69) is 180 Å². The summed E-state index contributed by atoms with van der Waals surface area (Å²) in [6, 6.07) is 35.0. The average Bonchev–Trinajstić information content (AvgIpc) is 0.685. The van der Waals surface area contributed by atoms with Crippen LogP contribution in [0.4, 0.5) is 17.1 Å². The zero-order chi connectivity index (χ0) is 108. The number of thiol groups is 1. The number of nitriles is 3. The maximum absolute atomic E-state index is 12.6. The van der Waals surface area contributed by atoms with Crippen molar-refractivity contribution in [3.63, 3.8) is 0 Å². The number of anilines is 3. The Morgan fingerprint density at radius 3 is 1.15 bits per heavy atom. The van der Waals surface area contributed by atoms with Gasteiger partial charge in [-0.15, -0.1) is 36.2 Å². The average molecular weight is 2070 g/mol. The molecule has 19 rings (SSSR count). The molecule has 0 bridgehead atoms. The summed E-state index contributed by atoms with van der Waals surface area (Å²) < 4.78 is 20.5. The molecular weight excluding hydrogens is 1910 g/mol. The van der Waals surface area contributed by atoms with Gasteiger partial charge in [0.15, 0.2) is 28.8 Å². The highest BCUT2D eigenvalue weighted by atomic mass is 32.2. The van der Waals surface area contributed by atoms with Crippen LogP contribution in [-0.4, -0.2) is 75.9 Å². The van der Waals surface area contributed by atoms with Crippen LogP contribution in [0.5, 0.6) is 23.0 Å². The molecule has 5 aromatic rings. The monoisotopic (exact) mass is 2070 g/mol. The smallest absolute Gasteiger partial charge is 0.310 e. The number of phenols is 2. The molecule has 3 amide bonds. The van der Waals surface area contributed by atoms with Gasteiger partial charge in [-0.25, -0.2) is 0 Å². The SMILES string of the molecule is C.C1CCOC1.CC(=O)Nc1ccc(S)cc1.CC(=O)Nc1ccc(SC2C=C3[C@@](C)(CC[C@@]4(C)[C@@H]5C[C@](C)(C#N)CC[C@]5(C)CC[C@]34C)c3cc(O)c(O)c(C)c32)cc1.CC(=O)Nc1ccc(SC2C=C3[C@@](C)(CC[C@@]4(C)[C@@H]5C[C@](C)(C#N)CC[C@]5(C)CC[C@]34C)c3cc(OC(C)=O)c(OC(C)=O)c(C)c32)cc1.CC(=O)OC(C)=O.CC1=C(O)C(=O)C=C2C1=CC=C1[C@@]2(C)CC[C@@]2(C)[C@@H]3C[C@](C)(C#N)CC[C@]3(C)CC[C@]12C. The third-order valence-corrected chi connectivity index (χ3v) is 42.1. The number of nitrogens with one attached hydrogen (secondary N) is 3. The topological polar surface area (TPSA) is 342 Å². The number of carbonyl (C=O) groups excluding carboxylic acids is 8. The number of aliphatic hydroxyl groups excluding tert-OH is 1. The molecule has 10 fully saturated rings. The third kappa shape index (κ3) is 21.0. The standard InChI is InChI=1S/C41H50N2O5S.C37H46N2O3S.C29H37NO2.C8H9NOS.C4H6O3.C4H8O.CH4/c1-24-35-30(20-31(47-26(3)45)36(24)48-27(4)46)39(7)17-19-41(9)34-22-37(5,23-42)14-15-38(34,6)16-18-40(41,8)33(39)21-32(35)49-29-12-10-28(11-13-29)43-25(2)44;1-22-31-26(18-27(41)32(22)42)35(5)15-17-37(7)30-20-33(3,21-38)12-13-34(30,4)14-16-36(37,6)29(35)19-28(31)43-25-10-8-24(9-11-25)39-23(2)40;1-18-19-7-8-22-27(4,20(19)15-21(31)24(18)32)12-14-29(6)23-16-25(2,17-30)9-10-26(23,3)11-13-28(22,29)5;1-6(10)9-7-2-4-8(11)5-3-7;1-3(5)7-4(2)6;1-2-4-5-3-1;/h10-13,20-21,32,34H,14-19,22H2,1-9H3,(H,43,44);8-11,18-19,28,30,41-42H,12-17,20H2,1-7H3,(H,39,40);7-8,15,23,32H,9-14,16H2,1-6H3;2-5,11H,1H3,(H,9,10);1-2H3;1-4H2;1H4/t32?,34-,37-,38-,39+,40-,41+;28?,30-,33-,34-,35+,36-,37+;23-,25-,26-,27+,28-,29+;;;;/m111..../s1. The number of nitrogens with zero attached hydrogens (tertiary/aromatic N) is 3. The lowest BCUT2D eigenvalue weighted by Crippen LogP contribution is -2.62. The molecule has 24 heteroatoms. The van der Waals surface area contributed by atoms with E-state index >= 15 is 0 Å². The number of amides is 3. The van der Waals surface area contributed by atoms with Crippen LogP contribution in [0.1, 0.15) is 358 Å². The van der Waals surface area contributed by atoms with Gasteiger partial charge in [0.2, 0.25) is 23.5 Å². The zero-order valence-corrected chi connectivity index (χ0v) is 93.9. The lowest BCUT2D eigenvalue weighted by Gasteiger charge is -2.70. The largest absolute Gasteiger partial charge is 0.504 e. The van der Waals surface area contributed by atoms with E-state index in [-0.39, 0.29) is 146 Å². The van der Waals surface area contributed by atoms with Gasteiger partial charge in [-0.1, -0.05) is 132 Å². The Morgan fingerprint density at radius 1 is 0.439 bits per heavy atom. The Balaban J connectivity index is 0.000000168. The fourth-order valence-electron chi connectivity index (χ4n) is 30.2. The number of carbonyl (C=O) groups is 8. The molecule has 9 saturated carbocycles. The Kier molecular flexibility index (Phi) is 32.8. The minimum absolute atomic E-state index is 0. The molecular formula is C124H160N6O15S3. The van der Waals surface area contributed by atoms with E-state index in [1.165, 1.54) is 84.4 Å². The van der Waals surface area contributed by atoms with Crippen LogP contribution in [0.25, 0.3) is 0 Å². The number of aliphatic hydroxyl groups is 1. The number of rotatable bonds is 9. The first-order valence-corrected chi connectivity index (χ1v) is 55.1. The van der Waals surface area contributed by atoms with Crippen molar-refractivity contribution < 1.29 is 72.6 Å². The van der Waals surface area contributed by atoms with Gasteiger partial charge in [-0.2, -0.15) is 15.8 Å². The van der Waals surface area contributed by atoms with Crippen molar-refractivity contribution in [1.29, 1.82) is 15.8 Å². The highest BCUT2D eigenvalue weighted by Crippen LogP contribution is 2.80. The highest BCUT2D eigenvalue weighted by molar-refractivity contribution is 8.00. The summed E-state index contributed by atoms with van der Waals surface area (Å²) in [5, 5.41) is 70.7. The van der Waals surface area contributed by atoms with Crippen molar-refractivity contribution in [2.24, 2.45) is 88.1 Å². The lowest BCUT2D eigenvalue weighted by atomic mass is 9.34.